The maximum absolute atomic E-state index is 6.10. The first-order valence-electron chi connectivity index (χ1n) is 6.08. The zero-order valence-corrected chi connectivity index (χ0v) is 10.2. The second-order valence-electron chi connectivity index (χ2n) is 5.97. The van der Waals surface area contributed by atoms with Crippen LogP contribution in [0.5, 0.6) is 0 Å². The number of nitrogens with zero attached hydrogens (tertiary/aromatic N) is 2. The molecule has 0 aromatic heterocycles. The zero-order valence-electron chi connectivity index (χ0n) is 10.2. The lowest BCUT2D eigenvalue weighted by atomic mass is 10.1. The van der Waals surface area contributed by atoms with Crippen LogP contribution in [-0.4, -0.2) is 29.0 Å². The molecule has 0 radical (unpaired) electrons. The molecule has 0 aromatic carbocycles. The summed E-state index contributed by atoms with van der Waals surface area (Å²) in [5, 5.41) is 0. The largest absolute Gasteiger partial charge is 0.370 e. The van der Waals surface area contributed by atoms with Crippen molar-refractivity contribution >= 4 is 5.96 Å². The van der Waals surface area contributed by atoms with E-state index in [9.17, 15) is 0 Å². The minimum atomic E-state index is -0.0548. The molecule has 2 aliphatic rings. The van der Waals surface area contributed by atoms with E-state index in [0.29, 0.717) is 6.04 Å². The van der Waals surface area contributed by atoms with Crippen LogP contribution >= 0.6 is 0 Å². The Kier molecular flexibility index (Phi) is 2.65. The second kappa shape index (κ2) is 3.69. The molecule has 3 heteroatoms. The van der Waals surface area contributed by atoms with Gasteiger partial charge in [0.05, 0.1) is 5.54 Å². The van der Waals surface area contributed by atoms with E-state index >= 15 is 0 Å². The smallest absolute Gasteiger partial charge is 0.192 e. The molecule has 2 saturated carbocycles. The van der Waals surface area contributed by atoms with E-state index in [2.05, 4.69) is 30.7 Å². The Bertz CT molecular complexity index is 257. The van der Waals surface area contributed by atoms with Gasteiger partial charge >= 0.3 is 0 Å². The fourth-order valence-electron chi connectivity index (χ4n) is 1.80. The highest BCUT2D eigenvalue weighted by molar-refractivity contribution is 5.79. The van der Waals surface area contributed by atoms with Gasteiger partial charge in [-0.15, -0.1) is 0 Å². The number of rotatable bonds is 3. The normalized spacial score (nSPS) is 23.0. The number of nitrogens with two attached hydrogens (primary N) is 1. The van der Waals surface area contributed by atoms with E-state index in [1.54, 1.807) is 0 Å². The number of aliphatic imine (C=N–C) groups is 1. The van der Waals surface area contributed by atoms with Crippen molar-refractivity contribution in [3.63, 3.8) is 0 Å². The van der Waals surface area contributed by atoms with Crippen LogP contribution in [0.1, 0.15) is 46.5 Å². The molecule has 0 aromatic rings. The molecule has 3 nitrogen and oxygen atoms in total. The Balaban J connectivity index is 1.99. The van der Waals surface area contributed by atoms with Crippen molar-refractivity contribution in [2.45, 2.75) is 58.0 Å². The average molecular weight is 209 g/mol. The Labute approximate surface area is 92.7 Å². The van der Waals surface area contributed by atoms with Crippen LogP contribution in [0.2, 0.25) is 0 Å². The van der Waals surface area contributed by atoms with E-state index in [0.717, 1.165) is 18.4 Å². The SMILES string of the molecule is CC(C)(C)N=C(N)N(CC1CC1)C1CC1. The topological polar surface area (TPSA) is 41.6 Å². The summed E-state index contributed by atoms with van der Waals surface area (Å²) < 4.78 is 0. The number of hydrogen-bond acceptors (Lipinski definition) is 1. The highest BCUT2D eigenvalue weighted by Gasteiger charge is 2.35. The fourth-order valence-corrected chi connectivity index (χ4v) is 1.80. The lowest BCUT2D eigenvalue weighted by Crippen LogP contribution is -2.42. The summed E-state index contributed by atoms with van der Waals surface area (Å²) in [6, 6.07) is 0.691. The fraction of sp³-hybridized carbons (Fsp3) is 0.917. The van der Waals surface area contributed by atoms with E-state index in [-0.39, 0.29) is 5.54 Å². The number of hydrogen-bond donors (Lipinski definition) is 1. The highest BCUT2D eigenvalue weighted by atomic mass is 15.3. The Morgan fingerprint density at radius 2 is 1.87 bits per heavy atom. The molecule has 0 atom stereocenters. The Hall–Kier alpha value is -0.730. The maximum atomic E-state index is 6.10. The monoisotopic (exact) mass is 209 g/mol. The molecule has 0 aliphatic heterocycles. The summed E-state index contributed by atoms with van der Waals surface area (Å²) in [5.41, 5.74) is 6.04. The van der Waals surface area contributed by atoms with Crippen molar-refractivity contribution in [2.75, 3.05) is 6.54 Å². The highest BCUT2D eigenvalue weighted by Crippen LogP contribution is 2.34. The van der Waals surface area contributed by atoms with Crippen molar-refractivity contribution in [1.29, 1.82) is 0 Å². The van der Waals surface area contributed by atoms with Crippen LogP contribution < -0.4 is 5.73 Å². The van der Waals surface area contributed by atoms with Crippen molar-refractivity contribution in [1.82, 2.24) is 4.90 Å². The van der Waals surface area contributed by atoms with Crippen molar-refractivity contribution in [3.8, 4) is 0 Å². The van der Waals surface area contributed by atoms with E-state index < -0.39 is 0 Å². The molecule has 0 spiro atoms. The first kappa shape index (κ1) is 10.8. The summed E-state index contributed by atoms with van der Waals surface area (Å²) in [4.78, 5) is 6.91. The van der Waals surface area contributed by atoms with Gasteiger partial charge in [-0.3, -0.25) is 0 Å². The van der Waals surface area contributed by atoms with Gasteiger partial charge in [-0.1, -0.05) is 0 Å². The summed E-state index contributed by atoms with van der Waals surface area (Å²) in [6.07, 6.45) is 5.36. The molecule has 0 heterocycles. The Morgan fingerprint density at radius 3 is 2.27 bits per heavy atom. The predicted molar refractivity (Wildman–Crippen MR) is 63.8 cm³/mol. The Morgan fingerprint density at radius 1 is 1.27 bits per heavy atom. The van der Waals surface area contributed by atoms with Crippen molar-refractivity contribution in [2.24, 2.45) is 16.6 Å². The molecule has 2 aliphatic carbocycles. The summed E-state index contributed by atoms with van der Waals surface area (Å²) in [5.74, 6) is 1.65. The van der Waals surface area contributed by atoms with E-state index in [1.165, 1.54) is 25.7 Å². The summed E-state index contributed by atoms with van der Waals surface area (Å²) >= 11 is 0. The molecule has 86 valence electrons. The molecule has 0 bridgehead atoms. The van der Waals surface area contributed by atoms with Gasteiger partial charge in [0.2, 0.25) is 0 Å². The van der Waals surface area contributed by atoms with Gasteiger partial charge in [-0.25, -0.2) is 4.99 Å². The van der Waals surface area contributed by atoms with E-state index in [1.807, 2.05) is 0 Å². The van der Waals surface area contributed by atoms with Crippen LogP contribution in [0, 0.1) is 5.92 Å². The standard InChI is InChI=1S/C12H23N3/c1-12(2,3)14-11(13)15(10-6-7-10)8-9-4-5-9/h9-10H,4-8H2,1-3H3,(H2,13,14). The molecular weight excluding hydrogens is 186 g/mol. The average Bonchev–Trinajstić information content (AvgIpc) is 2.92. The van der Waals surface area contributed by atoms with Gasteiger partial charge in [0.25, 0.3) is 0 Å². The lowest BCUT2D eigenvalue weighted by molar-refractivity contribution is 0.379. The van der Waals surface area contributed by atoms with Gasteiger partial charge in [0, 0.05) is 12.6 Å². The van der Waals surface area contributed by atoms with E-state index in [4.69, 9.17) is 5.73 Å². The third kappa shape index (κ3) is 3.40. The minimum Gasteiger partial charge on any atom is -0.370 e. The molecule has 2 rings (SSSR count). The van der Waals surface area contributed by atoms with Gasteiger partial charge in [-0.05, 0) is 52.4 Å². The third-order valence-corrected chi connectivity index (χ3v) is 2.88. The van der Waals surface area contributed by atoms with Gasteiger partial charge in [-0.2, -0.15) is 0 Å². The quantitative estimate of drug-likeness (QED) is 0.570. The molecular formula is C12H23N3. The molecule has 15 heavy (non-hydrogen) atoms. The third-order valence-electron chi connectivity index (χ3n) is 2.88. The van der Waals surface area contributed by atoms with Gasteiger partial charge < -0.3 is 10.6 Å². The van der Waals surface area contributed by atoms with Crippen LogP contribution in [0.25, 0.3) is 0 Å². The summed E-state index contributed by atoms with van der Waals surface area (Å²) in [6.45, 7) is 7.43. The van der Waals surface area contributed by atoms with Crippen molar-refractivity contribution < 1.29 is 0 Å². The van der Waals surface area contributed by atoms with Crippen LogP contribution in [-0.2, 0) is 0 Å². The summed E-state index contributed by atoms with van der Waals surface area (Å²) in [7, 11) is 0. The number of guanidine groups is 1. The predicted octanol–water partition coefficient (Wildman–Crippen LogP) is 1.97. The second-order valence-corrected chi connectivity index (χ2v) is 5.97. The van der Waals surface area contributed by atoms with Gasteiger partial charge in [0.15, 0.2) is 5.96 Å². The van der Waals surface area contributed by atoms with Crippen LogP contribution in [0.15, 0.2) is 4.99 Å². The first-order chi connectivity index (χ1) is 6.96. The molecule has 0 saturated heterocycles. The molecule has 2 fully saturated rings. The first-order valence-corrected chi connectivity index (χ1v) is 6.08. The van der Waals surface area contributed by atoms with Gasteiger partial charge in [0.1, 0.15) is 0 Å². The maximum Gasteiger partial charge on any atom is 0.192 e. The molecule has 2 N–H and O–H groups in total. The zero-order chi connectivity index (χ0) is 11.1. The molecule has 0 unspecified atom stereocenters. The van der Waals surface area contributed by atoms with Crippen LogP contribution in [0.4, 0.5) is 0 Å². The lowest BCUT2D eigenvalue weighted by Gasteiger charge is -2.25. The van der Waals surface area contributed by atoms with Crippen LogP contribution in [0.3, 0.4) is 0 Å². The molecule has 0 amide bonds. The van der Waals surface area contributed by atoms with Crippen molar-refractivity contribution in [3.05, 3.63) is 0 Å². The minimum absolute atomic E-state index is 0.0548.